The fourth-order valence-electron chi connectivity index (χ4n) is 10.8. The van der Waals surface area contributed by atoms with Gasteiger partial charge in [0.2, 0.25) is 0 Å². The number of benzene rings is 9. The van der Waals surface area contributed by atoms with Gasteiger partial charge in [0.1, 0.15) is 0 Å². The van der Waals surface area contributed by atoms with Crippen molar-refractivity contribution in [1.29, 1.82) is 0 Å². The summed E-state index contributed by atoms with van der Waals surface area (Å²) in [5.41, 5.74) is 18.4. The van der Waals surface area contributed by atoms with Crippen LogP contribution < -0.4 is 0 Å². The van der Waals surface area contributed by atoms with E-state index in [9.17, 15) is 0 Å². The fourth-order valence-corrected chi connectivity index (χ4v) is 10.8. The van der Waals surface area contributed by atoms with Crippen molar-refractivity contribution in [3.8, 4) is 73.2 Å². The predicted octanol–water partition coefficient (Wildman–Crippen LogP) is 16.2. The molecule has 11 aromatic rings. The van der Waals surface area contributed by atoms with Crippen LogP contribution >= 0.6 is 0 Å². The molecule has 0 spiro atoms. The average molecular weight is 857 g/mol. The molecule has 4 nitrogen and oxygen atoms in total. The molecule has 67 heavy (non-hydrogen) atoms. The summed E-state index contributed by atoms with van der Waals surface area (Å²) in [6.45, 7) is 4.64. The normalized spacial score (nSPS) is 13.5. The van der Waals surface area contributed by atoms with Crippen LogP contribution in [0.2, 0.25) is 0 Å². The zero-order valence-corrected chi connectivity index (χ0v) is 37.3. The molecule has 0 unspecified atom stereocenters. The minimum atomic E-state index is -0.171. The molecule has 9 aromatic carbocycles. The number of rotatable bonds is 6. The van der Waals surface area contributed by atoms with Gasteiger partial charge in [-0.3, -0.25) is 0 Å². The fraction of sp³-hybridized carbons (Fsp3) is 0.0635. The molecule has 0 bridgehead atoms. The van der Waals surface area contributed by atoms with Crippen molar-refractivity contribution in [2.75, 3.05) is 0 Å². The van der Waals surface area contributed by atoms with Crippen LogP contribution in [0.4, 0.5) is 0 Å². The van der Waals surface area contributed by atoms with E-state index in [2.05, 4.69) is 237 Å². The lowest BCUT2D eigenvalue weighted by Gasteiger charge is -2.22. The molecule has 316 valence electrons. The first-order valence-electron chi connectivity index (χ1n) is 23.2. The molecule has 2 aliphatic carbocycles. The summed E-state index contributed by atoms with van der Waals surface area (Å²) in [4.78, 5) is 16.2. The molecule has 0 aliphatic heterocycles. The van der Waals surface area contributed by atoms with Crippen molar-refractivity contribution in [2.24, 2.45) is 0 Å². The smallest absolute Gasteiger partial charge is 0.164 e. The predicted molar refractivity (Wildman–Crippen MR) is 279 cm³/mol. The lowest BCUT2D eigenvalue weighted by Crippen LogP contribution is -2.15. The molecule has 0 amide bonds. The molecule has 2 heterocycles. The van der Waals surface area contributed by atoms with E-state index in [0.29, 0.717) is 17.5 Å². The summed E-state index contributed by atoms with van der Waals surface area (Å²) in [7, 11) is 0. The molecule has 13 rings (SSSR count). The minimum absolute atomic E-state index is 0.171. The maximum absolute atomic E-state index is 5.43. The lowest BCUT2D eigenvalue weighted by molar-refractivity contribution is 0.660. The Hall–Kier alpha value is -8.47. The quantitative estimate of drug-likeness (QED) is 0.167. The van der Waals surface area contributed by atoms with Gasteiger partial charge in [0.15, 0.2) is 17.5 Å². The van der Waals surface area contributed by atoms with Crippen LogP contribution in [0, 0.1) is 0 Å². The largest absolute Gasteiger partial charge is 0.309 e. The van der Waals surface area contributed by atoms with Crippen molar-refractivity contribution in [3.63, 3.8) is 0 Å². The van der Waals surface area contributed by atoms with Gasteiger partial charge < -0.3 is 4.57 Å². The van der Waals surface area contributed by atoms with Gasteiger partial charge in [-0.15, -0.1) is 0 Å². The van der Waals surface area contributed by atoms with E-state index in [1.54, 1.807) is 0 Å². The third-order valence-electron chi connectivity index (χ3n) is 14.1. The van der Waals surface area contributed by atoms with Crippen LogP contribution in [0.25, 0.3) is 118 Å². The highest BCUT2D eigenvalue weighted by molar-refractivity contribution is 6.09. The van der Waals surface area contributed by atoms with Crippen molar-refractivity contribution < 1.29 is 0 Å². The standard InChI is InChI=1S/C63H44N4/c1-63(2)56-26-14-11-23-50(56)51-34-31-42(39-57(51)63)60-64-61(54-37-35-44(40-17-5-3-6-18-40)46-19-7-4-8-20-48(46)54)66-62(65-60)55-38-36-45(47-21-9-10-22-49(47)55)41-29-32-43(33-30-41)67-58-27-15-12-24-52(58)53-25-13-16-28-59(53)67/h3,5-39H,4H2,1-2H3. The molecular formula is C63H44N4. The molecule has 0 fully saturated rings. The maximum Gasteiger partial charge on any atom is 0.164 e. The summed E-state index contributed by atoms with van der Waals surface area (Å²) in [6.07, 6.45) is 9.81. The van der Waals surface area contributed by atoms with Gasteiger partial charge in [-0.2, -0.15) is 0 Å². The number of allylic oxidation sites excluding steroid dienone is 2. The van der Waals surface area contributed by atoms with E-state index in [0.717, 1.165) is 61.8 Å². The Morgan fingerprint density at radius 2 is 0.866 bits per heavy atom. The molecule has 0 N–H and O–H groups in total. The Bertz CT molecular complexity index is 3800. The zero-order valence-electron chi connectivity index (χ0n) is 37.3. The Kier molecular flexibility index (Phi) is 8.91. The van der Waals surface area contributed by atoms with Crippen molar-refractivity contribution >= 4 is 44.7 Å². The highest BCUT2D eigenvalue weighted by Crippen LogP contribution is 2.50. The van der Waals surface area contributed by atoms with E-state index < -0.39 is 0 Å². The third-order valence-corrected chi connectivity index (χ3v) is 14.1. The van der Waals surface area contributed by atoms with Gasteiger partial charge in [-0.25, -0.2) is 15.0 Å². The second kappa shape index (κ2) is 15.3. The second-order valence-corrected chi connectivity index (χ2v) is 18.3. The molecule has 2 aliphatic rings. The van der Waals surface area contributed by atoms with Crippen molar-refractivity contribution in [3.05, 3.63) is 229 Å². The monoisotopic (exact) mass is 856 g/mol. The molecule has 0 saturated heterocycles. The number of nitrogens with zero attached hydrogens (tertiary/aromatic N) is 4. The van der Waals surface area contributed by atoms with E-state index in [-0.39, 0.29) is 5.41 Å². The van der Waals surface area contributed by atoms with E-state index in [1.165, 1.54) is 55.2 Å². The number of para-hydroxylation sites is 2. The highest BCUT2D eigenvalue weighted by atomic mass is 15.0. The first kappa shape index (κ1) is 38.9. The van der Waals surface area contributed by atoms with Gasteiger partial charge >= 0.3 is 0 Å². The van der Waals surface area contributed by atoms with Crippen LogP contribution in [-0.4, -0.2) is 19.5 Å². The van der Waals surface area contributed by atoms with Gasteiger partial charge in [0.05, 0.1) is 11.0 Å². The Balaban J connectivity index is 0.977. The van der Waals surface area contributed by atoms with Crippen molar-refractivity contribution in [2.45, 2.75) is 25.7 Å². The SMILES string of the molecule is CC1(C)c2ccccc2-c2ccc(-c3nc(-c4ccc(-c5ccccc5)c5c4C=CCC=C5)nc(-c4ccc(-c5ccc(-n6c7ccccc7c7ccccc76)cc5)c5ccccc45)n3)cc21. The number of fused-ring (bicyclic) bond motifs is 8. The minimum Gasteiger partial charge on any atom is -0.309 e. The summed E-state index contributed by atoms with van der Waals surface area (Å²) in [5, 5.41) is 4.74. The van der Waals surface area contributed by atoms with Gasteiger partial charge in [0, 0.05) is 38.6 Å². The summed E-state index contributed by atoms with van der Waals surface area (Å²) in [5.74, 6) is 1.94. The summed E-state index contributed by atoms with van der Waals surface area (Å²) >= 11 is 0. The number of hydrogen-bond donors (Lipinski definition) is 0. The lowest BCUT2D eigenvalue weighted by atomic mass is 9.82. The number of aromatic nitrogens is 4. The van der Waals surface area contributed by atoms with Crippen LogP contribution in [0.15, 0.2) is 206 Å². The highest BCUT2D eigenvalue weighted by Gasteiger charge is 2.35. The van der Waals surface area contributed by atoms with Gasteiger partial charge in [-0.05, 0) is 115 Å². The van der Waals surface area contributed by atoms with Crippen LogP contribution in [-0.2, 0) is 5.41 Å². The third kappa shape index (κ3) is 6.25. The average Bonchev–Trinajstić information content (AvgIpc) is 3.68. The maximum atomic E-state index is 5.43. The first-order chi connectivity index (χ1) is 33.0. The molecule has 4 heteroatoms. The van der Waals surface area contributed by atoms with E-state index in [4.69, 9.17) is 15.0 Å². The van der Waals surface area contributed by atoms with E-state index >= 15 is 0 Å². The Morgan fingerprint density at radius 3 is 1.60 bits per heavy atom. The zero-order chi connectivity index (χ0) is 44.6. The molecule has 0 saturated carbocycles. The molecule has 0 radical (unpaired) electrons. The summed E-state index contributed by atoms with van der Waals surface area (Å²) < 4.78 is 2.37. The van der Waals surface area contributed by atoms with Crippen LogP contribution in [0.1, 0.15) is 42.5 Å². The molecule has 2 aromatic heterocycles. The topological polar surface area (TPSA) is 43.6 Å². The van der Waals surface area contributed by atoms with Gasteiger partial charge in [-0.1, -0.05) is 190 Å². The summed E-state index contributed by atoms with van der Waals surface area (Å²) in [6, 6.07) is 70.0. The van der Waals surface area contributed by atoms with E-state index in [1.807, 2.05) is 0 Å². The second-order valence-electron chi connectivity index (χ2n) is 18.3. The van der Waals surface area contributed by atoms with Crippen LogP contribution in [0.3, 0.4) is 0 Å². The first-order valence-corrected chi connectivity index (χ1v) is 23.2. The van der Waals surface area contributed by atoms with Crippen LogP contribution in [0.5, 0.6) is 0 Å². The number of hydrogen-bond acceptors (Lipinski definition) is 3. The van der Waals surface area contributed by atoms with Gasteiger partial charge in [0.25, 0.3) is 0 Å². The Labute approximate surface area is 389 Å². The molecular weight excluding hydrogens is 813 g/mol. The molecule has 0 atom stereocenters. The van der Waals surface area contributed by atoms with Crippen molar-refractivity contribution in [1.82, 2.24) is 19.5 Å². The Morgan fingerprint density at radius 1 is 0.373 bits per heavy atom.